The molecule has 0 aliphatic rings. The van der Waals surface area contributed by atoms with Crippen LogP contribution in [0.25, 0.3) is 0 Å². The van der Waals surface area contributed by atoms with Crippen LogP contribution >= 0.6 is 0 Å². The second-order valence-corrected chi connectivity index (χ2v) is 7.50. The Bertz CT molecular complexity index is 661. The van der Waals surface area contributed by atoms with Crippen molar-refractivity contribution in [2.75, 3.05) is 53.4 Å². The summed E-state index contributed by atoms with van der Waals surface area (Å²) >= 11 is 0. The lowest BCUT2D eigenvalue weighted by Crippen LogP contribution is -2.34. The van der Waals surface area contributed by atoms with Gasteiger partial charge >= 0.3 is 12.4 Å². The van der Waals surface area contributed by atoms with E-state index in [4.69, 9.17) is 0 Å². The van der Waals surface area contributed by atoms with Crippen LogP contribution in [0.1, 0.15) is 33.6 Å². The number of hydrogen-bond acceptors (Lipinski definition) is 4. The van der Waals surface area contributed by atoms with E-state index in [1.807, 2.05) is 0 Å². The van der Waals surface area contributed by atoms with Crippen molar-refractivity contribution in [3.63, 3.8) is 0 Å². The smallest absolute Gasteiger partial charge is 0.352 e. The number of nitrogens with one attached hydrogen (secondary N) is 2. The average Bonchev–Trinajstić information content (AvgIpc) is 2.65. The first-order valence-electron chi connectivity index (χ1n) is 9.94. The molecule has 0 atom stereocenters. The number of amides is 2. The molecule has 0 unspecified atom stereocenters. The van der Waals surface area contributed by atoms with Gasteiger partial charge in [0.05, 0.1) is 13.1 Å². The molecule has 2 N–H and O–H groups in total. The highest BCUT2D eigenvalue weighted by atomic mass is 19.4. The van der Waals surface area contributed by atoms with Crippen LogP contribution in [0.4, 0.5) is 26.3 Å². The van der Waals surface area contributed by atoms with Gasteiger partial charge < -0.3 is 10.6 Å². The number of carbonyl (C=O) groups excluding carboxylic acids is 2. The number of carbonyl (C=O) groups is 2. The number of alkyl halides is 6. The van der Waals surface area contributed by atoms with Crippen LogP contribution in [0, 0.1) is 0 Å². The molecule has 0 saturated carbocycles. The van der Waals surface area contributed by atoms with E-state index in [2.05, 4.69) is 10.6 Å². The molecular formula is C20H28F6N4O2. The van der Waals surface area contributed by atoms with Gasteiger partial charge in [0.1, 0.15) is 0 Å². The minimum absolute atomic E-state index is 0.172. The largest absolute Gasteiger partial charge is 0.401 e. The van der Waals surface area contributed by atoms with Crippen LogP contribution in [0.3, 0.4) is 0 Å². The van der Waals surface area contributed by atoms with Gasteiger partial charge in [0.2, 0.25) is 0 Å². The van der Waals surface area contributed by atoms with Gasteiger partial charge in [0, 0.05) is 24.2 Å². The molecule has 182 valence electrons. The standard InChI is InChI=1S/C20H28F6N4O2/c1-29(13-19(21,22)23)11-3-9-27-17(31)15-5-7-16(8-6-15)18(32)28-10-4-12-30(2)14-20(24,25)26/h5-8H,3-4,9-14H2,1-2H3,(H,27,31)(H,28,32). The molecule has 32 heavy (non-hydrogen) atoms. The third-order valence-corrected chi connectivity index (χ3v) is 4.31. The van der Waals surface area contributed by atoms with Crippen molar-refractivity contribution in [3.05, 3.63) is 35.4 Å². The summed E-state index contributed by atoms with van der Waals surface area (Å²) in [4.78, 5) is 26.4. The predicted molar refractivity (Wildman–Crippen MR) is 107 cm³/mol. The molecular weight excluding hydrogens is 442 g/mol. The molecule has 0 bridgehead atoms. The highest BCUT2D eigenvalue weighted by Crippen LogP contribution is 2.16. The second kappa shape index (κ2) is 12.6. The van der Waals surface area contributed by atoms with Gasteiger partial charge in [-0.05, 0) is 64.3 Å². The summed E-state index contributed by atoms with van der Waals surface area (Å²) in [5.74, 6) is -0.828. The number of benzene rings is 1. The zero-order valence-corrected chi connectivity index (χ0v) is 17.9. The van der Waals surface area contributed by atoms with Crippen LogP contribution < -0.4 is 10.6 Å². The van der Waals surface area contributed by atoms with Crippen LogP contribution in [0.15, 0.2) is 24.3 Å². The Hall–Kier alpha value is -2.34. The molecule has 2 amide bonds. The Morgan fingerprint density at radius 1 is 0.719 bits per heavy atom. The first-order chi connectivity index (χ1) is 14.8. The SMILES string of the molecule is CN(CCCNC(=O)c1ccc(C(=O)NCCCN(C)CC(F)(F)F)cc1)CC(F)(F)F. The summed E-state index contributed by atoms with van der Waals surface area (Å²) in [5.41, 5.74) is 0.581. The van der Waals surface area contributed by atoms with Gasteiger partial charge in [0.15, 0.2) is 0 Å². The minimum Gasteiger partial charge on any atom is -0.352 e. The Kier molecular flexibility index (Phi) is 10.9. The molecule has 0 spiro atoms. The first kappa shape index (κ1) is 27.7. The number of halogens is 6. The van der Waals surface area contributed by atoms with Crippen molar-refractivity contribution < 1.29 is 35.9 Å². The molecule has 0 saturated heterocycles. The normalized spacial score (nSPS) is 12.3. The third-order valence-electron chi connectivity index (χ3n) is 4.31. The molecule has 0 fully saturated rings. The van der Waals surface area contributed by atoms with E-state index in [0.29, 0.717) is 24.0 Å². The van der Waals surface area contributed by atoms with Crippen LogP contribution in [-0.2, 0) is 0 Å². The lowest BCUT2D eigenvalue weighted by Gasteiger charge is -2.18. The van der Waals surface area contributed by atoms with Gasteiger partial charge in [-0.1, -0.05) is 0 Å². The van der Waals surface area contributed by atoms with Crippen molar-refractivity contribution in [3.8, 4) is 0 Å². The molecule has 0 aliphatic heterocycles. The maximum atomic E-state index is 12.2. The van der Waals surface area contributed by atoms with E-state index in [0.717, 1.165) is 9.80 Å². The topological polar surface area (TPSA) is 64.7 Å². The molecule has 1 aromatic carbocycles. The number of nitrogens with zero attached hydrogens (tertiary/aromatic N) is 2. The number of rotatable bonds is 12. The summed E-state index contributed by atoms with van der Waals surface area (Å²) < 4.78 is 73.5. The van der Waals surface area contributed by atoms with E-state index in [9.17, 15) is 35.9 Å². The lowest BCUT2D eigenvalue weighted by atomic mass is 10.1. The van der Waals surface area contributed by atoms with E-state index in [1.165, 1.54) is 38.4 Å². The number of hydrogen-bond donors (Lipinski definition) is 2. The van der Waals surface area contributed by atoms with Crippen LogP contribution in [0.2, 0.25) is 0 Å². The molecule has 0 aromatic heterocycles. The highest BCUT2D eigenvalue weighted by molar-refractivity contribution is 5.97. The molecule has 1 aromatic rings. The summed E-state index contributed by atoms with van der Waals surface area (Å²) in [6, 6.07) is 5.77. The van der Waals surface area contributed by atoms with Crippen molar-refractivity contribution in [2.24, 2.45) is 0 Å². The van der Waals surface area contributed by atoms with E-state index >= 15 is 0 Å². The Morgan fingerprint density at radius 2 is 1.03 bits per heavy atom. The first-order valence-corrected chi connectivity index (χ1v) is 9.94. The van der Waals surface area contributed by atoms with Gasteiger partial charge in [0.25, 0.3) is 11.8 Å². The maximum Gasteiger partial charge on any atom is 0.401 e. The molecule has 12 heteroatoms. The molecule has 0 heterocycles. The van der Waals surface area contributed by atoms with Crippen molar-refractivity contribution in [1.82, 2.24) is 20.4 Å². The van der Waals surface area contributed by atoms with Crippen molar-refractivity contribution in [1.29, 1.82) is 0 Å². The molecule has 6 nitrogen and oxygen atoms in total. The average molecular weight is 470 g/mol. The fraction of sp³-hybridized carbons (Fsp3) is 0.600. The fourth-order valence-corrected chi connectivity index (χ4v) is 2.85. The Labute approximate surface area is 182 Å². The molecule has 0 aliphatic carbocycles. The lowest BCUT2D eigenvalue weighted by molar-refractivity contribution is -0.143. The minimum atomic E-state index is -4.27. The Balaban J connectivity index is 2.32. The summed E-state index contributed by atoms with van der Waals surface area (Å²) in [7, 11) is 2.69. The van der Waals surface area contributed by atoms with E-state index < -0.39 is 37.3 Å². The predicted octanol–water partition coefficient (Wildman–Crippen LogP) is 2.91. The fourth-order valence-electron chi connectivity index (χ4n) is 2.85. The van der Waals surface area contributed by atoms with Crippen LogP contribution in [0.5, 0.6) is 0 Å². The van der Waals surface area contributed by atoms with Gasteiger partial charge in [-0.25, -0.2) is 0 Å². The monoisotopic (exact) mass is 470 g/mol. The van der Waals surface area contributed by atoms with E-state index in [-0.39, 0.29) is 26.2 Å². The maximum absolute atomic E-state index is 12.2. The summed E-state index contributed by atoms with van der Waals surface area (Å²) in [6.45, 7) is -1.29. The third kappa shape index (κ3) is 12.5. The van der Waals surface area contributed by atoms with Gasteiger partial charge in [-0.15, -0.1) is 0 Å². The molecule has 1 rings (SSSR count). The van der Waals surface area contributed by atoms with Gasteiger partial charge in [-0.3, -0.25) is 19.4 Å². The second-order valence-electron chi connectivity index (χ2n) is 7.50. The van der Waals surface area contributed by atoms with Crippen molar-refractivity contribution in [2.45, 2.75) is 25.2 Å². The quantitative estimate of drug-likeness (QED) is 0.364. The summed E-state index contributed by atoms with van der Waals surface area (Å²) in [6.07, 6.45) is -7.85. The van der Waals surface area contributed by atoms with Gasteiger partial charge in [-0.2, -0.15) is 26.3 Å². The van der Waals surface area contributed by atoms with Crippen molar-refractivity contribution >= 4 is 11.8 Å². The van der Waals surface area contributed by atoms with Crippen LogP contribution in [-0.4, -0.2) is 87.3 Å². The highest BCUT2D eigenvalue weighted by Gasteiger charge is 2.29. The molecule has 0 radical (unpaired) electrons. The Morgan fingerprint density at radius 3 is 1.31 bits per heavy atom. The zero-order chi connectivity index (χ0) is 24.4. The van der Waals surface area contributed by atoms with E-state index in [1.54, 1.807) is 0 Å². The summed E-state index contributed by atoms with van der Waals surface area (Å²) in [5, 5.41) is 5.20. The zero-order valence-electron chi connectivity index (χ0n) is 17.9.